The summed E-state index contributed by atoms with van der Waals surface area (Å²) < 4.78 is 36.7. The number of phenolic OH excluding ortho intramolecular Hbond substituents is 1. The third kappa shape index (κ3) is 1.79. The van der Waals surface area contributed by atoms with Gasteiger partial charge in [-0.25, -0.2) is 0 Å². The van der Waals surface area contributed by atoms with Gasteiger partial charge in [-0.3, -0.25) is 9.59 Å². The van der Waals surface area contributed by atoms with E-state index in [0.717, 1.165) is 0 Å². The van der Waals surface area contributed by atoms with E-state index in [2.05, 4.69) is 0 Å². The number of alkyl halides is 3. The average molecular weight is 244 g/mol. The van der Waals surface area contributed by atoms with Gasteiger partial charge in [0.05, 0.1) is 11.5 Å². The van der Waals surface area contributed by atoms with Gasteiger partial charge in [-0.15, -0.1) is 0 Å². The van der Waals surface area contributed by atoms with Crippen LogP contribution in [0, 0.1) is 5.92 Å². The van der Waals surface area contributed by atoms with Crippen molar-refractivity contribution in [2.45, 2.75) is 12.6 Å². The van der Waals surface area contributed by atoms with Gasteiger partial charge in [0.15, 0.2) is 5.78 Å². The second-order valence-electron chi connectivity index (χ2n) is 3.79. The smallest absolute Gasteiger partial charge is 0.450 e. The number of fused-ring (bicyclic) bond motifs is 1. The molecule has 0 aliphatic heterocycles. The van der Waals surface area contributed by atoms with E-state index in [1.807, 2.05) is 0 Å². The van der Waals surface area contributed by atoms with Crippen molar-refractivity contribution < 1.29 is 27.9 Å². The average Bonchev–Trinajstić information content (AvgIpc) is 2.55. The van der Waals surface area contributed by atoms with E-state index in [1.54, 1.807) is 0 Å². The molecular weight excluding hydrogens is 237 g/mol. The molecule has 0 saturated heterocycles. The molecule has 1 aromatic carbocycles. The van der Waals surface area contributed by atoms with Gasteiger partial charge < -0.3 is 5.11 Å². The lowest BCUT2D eigenvalue weighted by Crippen LogP contribution is -2.33. The molecule has 1 N–H and O–H groups in total. The van der Waals surface area contributed by atoms with Crippen molar-refractivity contribution >= 4 is 11.6 Å². The van der Waals surface area contributed by atoms with Crippen molar-refractivity contribution in [2.75, 3.05) is 0 Å². The minimum Gasteiger partial charge on any atom is -0.507 e. The van der Waals surface area contributed by atoms with Crippen LogP contribution >= 0.6 is 0 Å². The molecule has 0 amide bonds. The van der Waals surface area contributed by atoms with E-state index in [9.17, 15) is 27.9 Å². The highest BCUT2D eigenvalue weighted by molar-refractivity contribution is 6.16. The summed E-state index contributed by atoms with van der Waals surface area (Å²) in [5.74, 6) is -5.15. The van der Waals surface area contributed by atoms with E-state index in [4.69, 9.17) is 0 Å². The molecule has 1 atom stereocenters. The molecule has 0 heterocycles. The van der Waals surface area contributed by atoms with Crippen molar-refractivity contribution in [2.24, 2.45) is 5.92 Å². The largest absolute Gasteiger partial charge is 0.507 e. The summed E-state index contributed by atoms with van der Waals surface area (Å²) in [6.07, 6.45) is -5.33. The van der Waals surface area contributed by atoms with Crippen LogP contribution in [-0.2, 0) is 11.2 Å². The lowest BCUT2D eigenvalue weighted by Gasteiger charge is -2.09. The van der Waals surface area contributed by atoms with E-state index in [1.165, 1.54) is 18.2 Å². The van der Waals surface area contributed by atoms with Crippen LogP contribution in [0.2, 0.25) is 0 Å². The summed E-state index contributed by atoms with van der Waals surface area (Å²) >= 11 is 0. The van der Waals surface area contributed by atoms with Crippen LogP contribution in [0.3, 0.4) is 0 Å². The lowest BCUT2D eigenvalue weighted by molar-refractivity contribution is -0.173. The predicted octanol–water partition coefficient (Wildman–Crippen LogP) is 1.88. The Labute approximate surface area is 93.9 Å². The number of Topliss-reactive ketones (excluding diaryl/α,β-unsaturated/α-hetero) is 2. The van der Waals surface area contributed by atoms with Crippen LogP contribution in [0.5, 0.6) is 5.75 Å². The summed E-state index contributed by atoms with van der Waals surface area (Å²) in [6.45, 7) is 0. The van der Waals surface area contributed by atoms with Gasteiger partial charge in [0.25, 0.3) is 0 Å². The molecule has 1 aliphatic rings. The fraction of sp³-hybridized carbons (Fsp3) is 0.273. The van der Waals surface area contributed by atoms with Crippen molar-refractivity contribution in [3.63, 3.8) is 0 Å². The zero-order valence-electron chi connectivity index (χ0n) is 8.41. The van der Waals surface area contributed by atoms with E-state index < -0.39 is 23.7 Å². The predicted molar refractivity (Wildman–Crippen MR) is 50.7 cm³/mol. The lowest BCUT2D eigenvalue weighted by atomic mass is 9.99. The van der Waals surface area contributed by atoms with Crippen molar-refractivity contribution in [3.05, 3.63) is 29.3 Å². The molecule has 0 spiro atoms. The first kappa shape index (κ1) is 11.6. The first-order valence-electron chi connectivity index (χ1n) is 4.78. The second kappa shape index (κ2) is 3.58. The quantitative estimate of drug-likeness (QED) is 0.767. The summed E-state index contributed by atoms with van der Waals surface area (Å²) in [7, 11) is 0. The van der Waals surface area contributed by atoms with E-state index in [0.29, 0.717) is 0 Å². The maximum Gasteiger partial charge on any atom is 0.450 e. The number of ketones is 2. The Kier molecular flexibility index (Phi) is 2.45. The number of aromatic hydroxyl groups is 1. The van der Waals surface area contributed by atoms with Gasteiger partial charge in [0.2, 0.25) is 5.78 Å². The van der Waals surface area contributed by atoms with Gasteiger partial charge in [0, 0.05) is 0 Å². The summed E-state index contributed by atoms with van der Waals surface area (Å²) in [4.78, 5) is 22.7. The minimum absolute atomic E-state index is 0.171. The third-order valence-corrected chi connectivity index (χ3v) is 2.71. The number of benzene rings is 1. The Bertz CT molecular complexity index is 505. The standard InChI is InChI=1S/C11H7F3O3/c12-11(13,14)10(17)6-4-5-2-1-3-7(15)8(5)9(6)16/h1-3,6,15H,4H2. The maximum atomic E-state index is 12.2. The molecule has 6 heteroatoms. The van der Waals surface area contributed by atoms with Crippen molar-refractivity contribution in [1.29, 1.82) is 0 Å². The number of carbonyl (C=O) groups excluding carboxylic acids is 2. The second-order valence-corrected chi connectivity index (χ2v) is 3.79. The highest BCUT2D eigenvalue weighted by Gasteiger charge is 2.49. The number of halogens is 3. The molecule has 1 aromatic rings. The Balaban J connectivity index is 2.39. The molecule has 90 valence electrons. The Hall–Kier alpha value is -1.85. The number of carbonyl (C=O) groups is 2. The molecule has 0 aromatic heterocycles. The van der Waals surface area contributed by atoms with Crippen molar-refractivity contribution in [3.8, 4) is 5.75 Å². The highest BCUT2D eigenvalue weighted by atomic mass is 19.4. The van der Waals surface area contributed by atoms with E-state index in [-0.39, 0.29) is 23.3 Å². The molecule has 17 heavy (non-hydrogen) atoms. The van der Waals surface area contributed by atoms with Gasteiger partial charge >= 0.3 is 6.18 Å². The molecule has 1 unspecified atom stereocenters. The molecule has 0 radical (unpaired) electrons. The molecule has 1 aliphatic carbocycles. The zero-order chi connectivity index (χ0) is 12.8. The number of phenols is 1. The van der Waals surface area contributed by atoms with Crippen LogP contribution in [-0.4, -0.2) is 22.8 Å². The summed E-state index contributed by atoms with van der Waals surface area (Å²) in [5.41, 5.74) is 0.104. The minimum atomic E-state index is -5.03. The van der Waals surface area contributed by atoms with E-state index >= 15 is 0 Å². The summed E-state index contributed by atoms with van der Waals surface area (Å²) in [6, 6.07) is 4.05. The van der Waals surface area contributed by atoms with Crippen LogP contribution in [0.15, 0.2) is 18.2 Å². The maximum absolute atomic E-state index is 12.2. The van der Waals surface area contributed by atoms with Crippen LogP contribution in [0.25, 0.3) is 0 Å². The van der Waals surface area contributed by atoms with Crippen molar-refractivity contribution in [1.82, 2.24) is 0 Å². The van der Waals surface area contributed by atoms with Gasteiger partial charge in [-0.1, -0.05) is 12.1 Å². The molecular formula is C11H7F3O3. The topological polar surface area (TPSA) is 54.4 Å². The zero-order valence-corrected chi connectivity index (χ0v) is 8.41. The number of hydrogen-bond donors (Lipinski definition) is 1. The number of hydrogen-bond acceptors (Lipinski definition) is 3. The fourth-order valence-corrected chi connectivity index (χ4v) is 1.94. The van der Waals surface area contributed by atoms with Gasteiger partial charge in [-0.2, -0.15) is 13.2 Å². The third-order valence-electron chi connectivity index (χ3n) is 2.71. The fourth-order valence-electron chi connectivity index (χ4n) is 1.94. The first-order valence-corrected chi connectivity index (χ1v) is 4.78. The molecule has 3 nitrogen and oxygen atoms in total. The normalized spacial score (nSPS) is 19.2. The number of rotatable bonds is 1. The Morgan fingerprint density at radius 3 is 2.53 bits per heavy atom. The Morgan fingerprint density at radius 2 is 2.00 bits per heavy atom. The monoisotopic (exact) mass is 244 g/mol. The van der Waals surface area contributed by atoms with Crippen LogP contribution in [0.4, 0.5) is 13.2 Å². The molecule has 2 rings (SSSR count). The Morgan fingerprint density at radius 1 is 1.35 bits per heavy atom. The molecule has 0 bridgehead atoms. The van der Waals surface area contributed by atoms with Crippen LogP contribution in [0.1, 0.15) is 15.9 Å². The molecule has 0 saturated carbocycles. The molecule has 0 fully saturated rings. The first-order chi connectivity index (χ1) is 7.82. The van der Waals surface area contributed by atoms with Gasteiger partial charge in [0.1, 0.15) is 5.75 Å². The highest BCUT2D eigenvalue weighted by Crippen LogP contribution is 2.36. The van der Waals surface area contributed by atoms with Gasteiger partial charge in [-0.05, 0) is 18.1 Å². The summed E-state index contributed by atoms with van der Waals surface area (Å²) in [5, 5.41) is 9.39. The SMILES string of the molecule is O=C1c2c(O)cccc2CC1C(=O)C(F)(F)F. The van der Waals surface area contributed by atoms with Crippen LogP contribution < -0.4 is 0 Å².